The molecule has 0 aliphatic heterocycles. The average Bonchev–Trinajstić information content (AvgIpc) is 2.48. The van der Waals surface area contributed by atoms with Gasteiger partial charge in [0.15, 0.2) is 0 Å². The minimum absolute atomic E-state index is 0.154. The number of pyridine rings is 2. The van der Waals surface area contributed by atoms with Crippen LogP contribution in [0.25, 0.3) is 0 Å². The quantitative estimate of drug-likeness (QED) is 0.836. The van der Waals surface area contributed by atoms with Gasteiger partial charge in [-0.3, -0.25) is 14.6 Å². The summed E-state index contributed by atoms with van der Waals surface area (Å²) in [6.07, 6.45) is 4.02. The van der Waals surface area contributed by atoms with Gasteiger partial charge in [0.2, 0.25) is 0 Å². The summed E-state index contributed by atoms with van der Waals surface area (Å²) in [6.45, 7) is 0.561. The third kappa shape index (κ3) is 3.32. The van der Waals surface area contributed by atoms with Crippen LogP contribution in [0.5, 0.6) is 0 Å². The second-order valence-corrected chi connectivity index (χ2v) is 4.66. The van der Waals surface area contributed by atoms with Crippen LogP contribution in [0.4, 0.5) is 0 Å². The molecule has 0 saturated carbocycles. The Hall–Kier alpha value is -2.43. The van der Waals surface area contributed by atoms with Crippen LogP contribution in [-0.2, 0) is 13.5 Å². The lowest BCUT2D eigenvalue weighted by molar-refractivity contribution is 0.0796. The van der Waals surface area contributed by atoms with Crippen molar-refractivity contribution in [2.75, 3.05) is 13.6 Å². The minimum atomic E-state index is -0.186. The van der Waals surface area contributed by atoms with Crippen molar-refractivity contribution in [1.82, 2.24) is 14.5 Å². The summed E-state index contributed by atoms with van der Waals surface area (Å²) in [5.41, 5.74) is 1.17. The normalized spacial score (nSPS) is 10.3. The van der Waals surface area contributed by atoms with Gasteiger partial charge in [0, 0.05) is 56.8 Å². The van der Waals surface area contributed by atoms with E-state index in [0.717, 1.165) is 5.69 Å². The number of aryl methyl sites for hydroxylation is 1. The summed E-state index contributed by atoms with van der Waals surface area (Å²) < 4.78 is 1.44. The Morgan fingerprint density at radius 3 is 2.80 bits per heavy atom. The summed E-state index contributed by atoms with van der Waals surface area (Å²) in [6, 6.07) is 8.72. The molecule has 20 heavy (non-hydrogen) atoms. The molecule has 5 heteroatoms. The van der Waals surface area contributed by atoms with Crippen molar-refractivity contribution in [3.8, 4) is 0 Å². The molecule has 2 aromatic heterocycles. The maximum Gasteiger partial charge on any atom is 0.253 e. The van der Waals surface area contributed by atoms with E-state index in [4.69, 9.17) is 0 Å². The number of amides is 1. The maximum absolute atomic E-state index is 12.2. The third-order valence-corrected chi connectivity index (χ3v) is 3.13. The molecular weight excluding hydrogens is 254 g/mol. The van der Waals surface area contributed by atoms with E-state index in [1.165, 1.54) is 10.6 Å². The lowest BCUT2D eigenvalue weighted by Crippen LogP contribution is -2.30. The fraction of sp³-hybridized carbons (Fsp3) is 0.267. The molecule has 0 spiro atoms. The number of hydrogen-bond donors (Lipinski definition) is 0. The predicted molar refractivity (Wildman–Crippen MR) is 76.6 cm³/mol. The highest BCUT2D eigenvalue weighted by molar-refractivity contribution is 5.93. The Bertz CT molecular complexity index is 650. The lowest BCUT2D eigenvalue weighted by Gasteiger charge is -2.17. The zero-order valence-corrected chi connectivity index (χ0v) is 11.6. The molecule has 5 nitrogen and oxygen atoms in total. The van der Waals surface area contributed by atoms with Gasteiger partial charge in [-0.2, -0.15) is 0 Å². The molecule has 0 radical (unpaired) electrons. The van der Waals surface area contributed by atoms with Crippen molar-refractivity contribution in [3.63, 3.8) is 0 Å². The van der Waals surface area contributed by atoms with Gasteiger partial charge in [-0.05, 0) is 18.2 Å². The first-order valence-corrected chi connectivity index (χ1v) is 6.40. The van der Waals surface area contributed by atoms with E-state index in [1.54, 1.807) is 37.5 Å². The molecule has 2 rings (SSSR count). The number of rotatable bonds is 4. The molecule has 0 saturated heterocycles. The Labute approximate surface area is 117 Å². The van der Waals surface area contributed by atoms with Crippen LogP contribution in [0, 0.1) is 0 Å². The van der Waals surface area contributed by atoms with Crippen LogP contribution in [0.1, 0.15) is 16.1 Å². The van der Waals surface area contributed by atoms with Crippen molar-refractivity contribution in [1.29, 1.82) is 0 Å². The van der Waals surface area contributed by atoms with Gasteiger partial charge in [0.1, 0.15) is 0 Å². The smallest absolute Gasteiger partial charge is 0.253 e. The zero-order valence-electron chi connectivity index (χ0n) is 11.6. The molecule has 2 aromatic rings. The molecule has 1 amide bonds. The molecule has 2 heterocycles. The minimum Gasteiger partial charge on any atom is -0.341 e. The van der Waals surface area contributed by atoms with Gasteiger partial charge in [0.05, 0.1) is 0 Å². The van der Waals surface area contributed by atoms with Crippen LogP contribution >= 0.6 is 0 Å². The van der Waals surface area contributed by atoms with Crippen molar-refractivity contribution in [3.05, 3.63) is 64.3 Å². The van der Waals surface area contributed by atoms with Crippen LogP contribution in [0.2, 0.25) is 0 Å². The molecule has 0 aliphatic rings. The van der Waals surface area contributed by atoms with Crippen LogP contribution in [0.3, 0.4) is 0 Å². The molecule has 0 atom stereocenters. The summed E-state index contributed by atoms with van der Waals surface area (Å²) in [7, 11) is 3.38. The Balaban J connectivity index is 2.01. The van der Waals surface area contributed by atoms with Crippen LogP contribution in [-0.4, -0.2) is 34.0 Å². The first-order chi connectivity index (χ1) is 9.58. The van der Waals surface area contributed by atoms with E-state index in [0.29, 0.717) is 18.5 Å². The summed E-state index contributed by atoms with van der Waals surface area (Å²) >= 11 is 0. The van der Waals surface area contributed by atoms with E-state index < -0.39 is 0 Å². The van der Waals surface area contributed by atoms with Crippen molar-refractivity contribution in [2.45, 2.75) is 6.42 Å². The lowest BCUT2D eigenvalue weighted by atomic mass is 10.2. The van der Waals surface area contributed by atoms with Crippen molar-refractivity contribution in [2.24, 2.45) is 7.05 Å². The van der Waals surface area contributed by atoms with Gasteiger partial charge in [-0.1, -0.05) is 6.07 Å². The second kappa shape index (κ2) is 6.14. The van der Waals surface area contributed by atoms with Crippen LogP contribution < -0.4 is 5.56 Å². The molecule has 0 fully saturated rings. The Morgan fingerprint density at radius 2 is 2.15 bits per heavy atom. The number of likely N-dealkylation sites (N-methyl/N-ethyl adjacent to an activating group) is 1. The van der Waals surface area contributed by atoms with Gasteiger partial charge in [-0.25, -0.2) is 0 Å². The van der Waals surface area contributed by atoms with Crippen LogP contribution in [0.15, 0.2) is 47.5 Å². The number of carbonyl (C=O) groups is 1. The summed E-state index contributed by atoms with van der Waals surface area (Å²) in [5, 5.41) is 0. The first kappa shape index (κ1) is 14.0. The van der Waals surface area contributed by atoms with Gasteiger partial charge < -0.3 is 9.47 Å². The summed E-state index contributed by atoms with van der Waals surface area (Å²) in [5.74, 6) is -0.154. The van der Waals surface area contributed by atoms with E-state index >= 15 is 0 Å². The maximum atomic E-state index is 12.2. The fourth-order valence-electron chi connectivity index (χ4n) is 1.83. The van der Waals surface area contributed by atoms with E-state index in [9.17, 15) is 9.59 Å². The number of hydrogen-bond acceptors (Lipinski definition) is 3. The summed E-state index contributed by atoms with van der Waals surface area (Å²) in [4.78, 5) is 29.5. The highest BCUT2D eigenvalue weighted by Crippen LogP contribution is 2.02. The Morgan fingerprint density at radius 1 is 1.35 bits per heavy atom. The molecule has 0 bridgehead atoms. The van der Waals surface area contributed by atoms with Gasteiger partial charge >= 0.3 is 0 Å². The van der Waals surface area contributed by atoms with Gasteiger partial charge in [-0.15, -0.1) is 0 Å². The monoisotopic (exact) mass is 271 g/mol. The number of aromatic nitrogens is 2. The molecule has 0 unspecified atom stereocenters. The standard InChI is InChI=1S/C15H17N3O2/c1-17-9-6-12(11-14(17)19)15(20)18(2)10-7-13-5-3-4-8-16-13/h3-6,8-9,11H,7,10H2,1-2H3. The number of nitrogens with zero attached hydrogens (tertiary/aromatic N) is 3. The van der Waals surface area contributed by atoms with E-state index in [-0.39, 0.29) is 11.5 Å². The molecule has 0 N–H and O–H groups in total. The SMILES string of the molecule is CN(CCc1ccccn1)C(=O)c1ccn(C)c(=O)c1. The largest absolute Gasteiger partial charge is 0.341 e. The first-order valence-electron chi connectivity index (χ1n) is 6.40. The molecule has 0 aliphatic carbocycles. The topological polar surface area (TPSA) is 55.2 Å². The molecule has 0 aromatic carbocycles. The highest BCUT2D eigenvalue weighted by atomic mass is 16.2. The third-order valence-electron chi connectivity index (χ3n) is 3.13. The highest BCUT2D eigenvalue weighted by Gasteiger charge is 2.12. The fourth-order valence-corrected chi connectivity index (χ4v) is 1.83. The molecular formula is C15H17N3O2. The Kier molecular flexibility index (Phi) is 4.30. The average molecular weight is 271 g/mol. The van der Waals surface area contributed by atoms with E-state index in [1.807, 2.05) is 18.2 Å². The predicted octanol–water partition coefficient (Wildman–Crippen LogP) is 1.10. The number of carbonyl (C=O) groups excluding carboxylic acids is 1. The van der Waals surface area contributed by atoms with Gasteiger partial charge in [0.25, 0.3) is 11.5 Å². The van der Waals surface area contributed by atoms with E-state index in [2.05, 4.69) is 4.98 Å². The molecule has 104 valence electrons. The zero-order chi connectivity index (χ0) is 14.5. The second-order valence-electron chi connectivity index (χ2n) is 4.66. The van der Waals surface area contributed by atoms with Crippen molar-refractivity contribution < 1.29 is 4.79 Å². The van der Waals surface area contributed by atoms with Crippen molar-refractivity contribution >= 4 is 5.91 Å².